The van der Waals surface area contributed by atoms with Gasteiger partial charge in [0.15, 0.2) is 5.11 Å². The molecule has 2 N–H and O–H groups in total. The molecule has 10 heteroatoms. The van der Waals surface area contributed by atoms with Gasteiger partial charge in [0.2, 0.25) is 0 Å². The summed E-state index contributed by atoms with van der Waals surface area (Å²) in [5.41, 5.74) is 2.06. The van der Waals surface area contributed by atoms with Crippen LogP contribution in [-0.2, 0) is 0 Å². The molecule has 1 aliphatic rings. The second kappa shape index (κ2) is 11.0. The lowest BCUT2D eigenvalue weighted by molar-refractivity contribution is 0.0974. The first-order valence-corrected chi connectivity index (χ1v) is 12.1. The Bertz CT molecular complexity index is 984. The van der Waals surface area contributed by atoms with Gasteiger partial charge in [-0.15, -0.1) is 0 Å². The van der Waals surface area contributed by atoms with E-state index in [0.717, 1.165) is 42.9 Å². The Labute approximate surface area is 209 Å². The zero-order chi connectivity index (χ0) is 22.5. The minimum absolute atomic E-state index is 0.170. The molecule has 0 radical (unpaired) electrons. The summed E-state index contributed by atoms with van der Waals surface area (Å²) in [5, 5.41) is 6.51. The van der Waals surface area contributed by atoms with Crippen molar-refractivity contribution in [2.45, 2.75) is 6.92 Å². The maximum absolute atomic E-state index is 12.7. The maximum Gasteiger partial charge on any atom is 0.261 e. The van der Waals surface area contributed by atoms with E-state index in [1.165, 1.54) is 7.11 Å². The summed E-state index contributed by atoms with van der Waals surface area (Å²) >= 11 is 18.6. The largest absolute Gasteiger partial charge is 0.495 e. The number of benzene rings is 2. The lowest BCUT2D eigenvalue weighted by atomic mass is 10.2. The van der Waals surface area contributed by atoms with Gasteiger partial charge in [0.25, 0.3) is 5.91 Å². The van der Waals surface area contributed by atoms with Crippen LogP contribution in [0.4, 0.5) is 11.4 Å². The quantitative estimate of drug-likeness (QED) is 0.471. The van der Waals surface area contributed by atoms with Crippen LogP contribution in [0.1, 0.15) is 17.3 Å². The smallest absolute Gasteiger partial charge is 0.261 e. The highest BCUT2D eigenvalue weighted by atomic mass is 79.9. The number of rotatable bonds is 5. The molecule has 0 atom stereocenters. The molecule has 2 aromatic rings. The minimum Gasteiger partial charge on any atom is -0.495 e. The van der Waals surface area contributed by atoms with Crippen LogP contribution < -0.4 is 20.3 Å². The summed E-state index contributed by atoms with van der Waals surface area (Å²) in [6.45, 7) is 7.18. The molecule has 166 valence electrons. The number of ether oxygens (including phenoxy) is 1. The third-order valence-corrected chi connectivity index (χ3v) is 6.60. The number of carbonyl (C=O) groups excluding carboxylic acids is 1. The number of nitrogens with one attached hydrogen (secondary N) is 2. The molecule has 1 fully saturated rings. The van der Waals surface area contributed by atoms with E-state index in [2.05, 4.69) is 59.2 Å². The van der Waals surface area contributed by atoms with E-state index < -0.39 is 0 Å². The molecular weight excluding hydrogens is 568 g/mol. The summed E-state index contributed by atoms with van der Waals surface area (Å²) in [7, 11) is 1.51. The van der Waals surface area contributed by atoms with Crippen LogP contribution >= 0.6 is 55.7 Å². The molecule has 0 unspecified atom stereocenters. The van der Waals surface area contributed by atoms with Crippen LogP contribution in [0.25, 0.3) is 0 Å². The van der Waals surface area contributed by atoms with Crippen molar-refractivity contribution in [3.63, 3.8) is 0 Å². The highest BCUT2D eigenvalue weighted by Gasteiger charge is 2.19. The van der Waals surface area contributed by atoms with Crippen LogP contribution in [0.15, 0.2) is 39.3 Å². The summed E-state index contributed by atoms with van der Waals surface area (Å²) in [6, 6.07) is 9.18. The topological polar surface area (TPSA) is 56.8 Å². The number of hydrogen-bond acceptors (Lipinski definition) is 5. The molecule has 1 saturated heterocycles. The van der Waals surface area contributed by atoms with Crippen molar-refractivity contribution in [3.05, 3.63) is 49.9 Å². The number of likely N-dealkylation sites (N-methyl/N-ethyl adjacent to an activating group) is 1. The highest BCUT2D eigenvalue weighted by Crippen LogP contribution is 2.33. The SMILES string of the molecule is CCN1CCN(c2ccc(NC(=S)NC(=O)c3cc(Br)cc(Br)c3OC)cc2Cl)CC1. The predicted molar refractivity (Wildman–Crippen MR) is 138 cm³/mol. The fourth-order valence-corrected chi connectivity index (χ4v) is 5.31. The number of anilines is 2. The second-order valence-corrected chi connectivity index (χ2v) is 9.55. The number of piperazine rings is 1. The van der Waals surface area contributed by atoms with Crippen molar-refractivity contribution in [2.75, 3.05) is 50.1 Å². The van der Waals surface area contributed by atoms with Gasteiger partial charge >= 0.3 is 0 Å². The van der Waals surface area contributed by atoms with E-state index in [-0.39, 0.29) is 11.0 Å². The molecule has 0 aliphatic carbocycles. The average Bonchev–Trinajstić information content (AvgIpc) is 2.73. The molecule has 0 aromatic heterocycles. The van der Waals surface area contributed by atoms with Gasteiger partial charge in [-0.25, -0.2) is 0 Å². The van der Waals surface area contributed by atoms with Crippen LogP contribution in [0.3, 0.4) is 0 Å². The van der Waals surface area contributed by atoms with Gasteiger partial charge in [-0.05, 0) is 65.0 Å². The van der Waals surface area contributed by atoms with Gasteiger partial charge in [-0.2, -0.15) is 0 Å². The van der Waals surface area contributed by atoms with Crippen molar-refractivity contribution in [1.82, 2.24) is 10.2 Å². The molecule has 3 rings (SSSR count). The van der Waals surface area contributed by atoms with Crippen LogP contribution in [0.5, 0.6) is 5.75 Å². The summed E-state index contributed by atoms with van der Waals surface area (Å²) < 4.78 is 6.74. The van der Waals surface area contributed by atoms with E-state index in [1.807, 2.05) is 18.2 Å². The van der Waals surface area contributed by atoms with Crippen molar-refractivity contribution in [3.8, 4) is 5.75 Å². The third kappa shape index (κ3) is 6.10. The Morgan fingerprint density at radius 3 is 2.52 bits per heavy atom. The van der Waals surface area contributed by atoms with Crippen molar-refractivity contribution < 1.29 is 9.53 Å². The lowest BCUT2D eigenvalue weighted by Gasteiger charge is -2.36. The van der Waals surface area contributed by atoms with E-state index in [4.69, 9.17) is 28.6 Å². The van der Waals surface area contributed by atoms with E-state index in [0.29, 0.717) is 26.5 Å². The average molecular weight is 591 g/mol. The Morgan fingerprint density at radius 2 is 1.90 bits per heavy atom. The molecule has 0 bridgehead atoms. The summed E-state index contributed by atoms with van der Waals surface area (Å²) in [6.07, 6.45) is 0. The van der Waals surface area contributed by atoms with Gasteiger partial charge in [0.1, 0.15) is 5.75 Å². The zero-order valence-electron chi connectivity index (χ0n) is 17.2. The monoisotopic (exact) mass is 588 g/mol. The van der Waals surface area contributed by atoms with Gasteiger partial charge in [0.05, 0.1) is 27.9 Å². The first-order valence-electron chi connectivity index (χ1n) is 9.74. The fourth-order valence-electron chi connectivity index (χ4n) is 3.42. The normalized spacial score (nSPS) is 14.3. The second-order valence-electron chi connectivity index (χ2n) is 6.96. The van der Waals surface area contributed by atoms with Gasteiger partial charge in [-0.3, -0.25) is 10.1 Å². The summed E-state index contributed by atoms with van der Waals surface area (Å²) in [4.78, 5) is 17.4. The van der Waals surface area contributed by atoms with Crippen molar-refractivity contribution >= 4 is 78.1 Å². The fraction of sp³-hybridized carbons (Fsp3) is 0.333. The molecular formula is C21H23Br2ClN4O2S. The first kappa shape index (κ1) is 24.3. The van der Waals surface area contributed by atoms with Gasteiger partial charge < -0.3 is 19.9 Å². The highest BCUT2D eigenvalue weighted by molar-refractivity contribution is 9.11. The molecule has 0 saturated carbocycles. The van der Waals surface area contributed by atoms with Crippen LogP contribution in [0, 0.1) is 0 Å². The number of thiocarbonyl (C=S) groups is 1. The minimum atomic E-state index is -0.382. The van der Waals surface area contributed by atoms with Gasteiger partial charge in [0, 0.05) is 36.3 Å². The van der Waals surface area contributed by atoms with Crippen LogP contribution in [0.2, 0.25) is 5.02 Å². The number of hydrogen-bond donors (Lipinski definition) is 2. The van der Waals surface area contributed by atoms with E-state index in [1.54, 1.807) is 12.1 Å². The molecule has 0 spiro atoms. The number of carbonyl (C=O) groups is 1. The van der Waals surface area contributed by atoms with E-state index in [9.17, 15) is 4.79 Å². The number of halogens is 3. The zero-order valence-corrected chi connectivity index (χ0v) is 21.9. The predicted octanol–water partition coefficient (Wildman–Crippen LogP) is 5.14. The number of methoxy groups -OCH3 is 1. The standard InChI is InChI=1S/C21H23Br2ClN4O2S/c1-3-27-6-8-28(9-7-27)18-5-4-14(12-17(18)24)25-21(31)26-20(29)15-10-13(22)11-16(23)19(15)30-2/h4-5,10-12H,3,6-9H2,1-2H3,(H2,25,26,29,31). The van der Waals surface area contributed by atoms with Gasteiger partial charge in [-0.1, -0.05) is 34.5 Å². The van der Waals surface area contributed by atoms with Crippen LogP contribution in [-0.4, -0.2) is 55.8 Å². The number of amides is 1. The summed E-state index contributed by atoms with van der Waals surface area (Å²) in [5.74, 6) is 0.0481. The Hall–Kier alpha value is -1.39. The van der Waals surface area contributed by atoms with E-state index >= 15 is 0 Å². The third-order valence-electron chi connectivity index (χ3n) is 5.05. The Morgan fingerprint density at radius 1 is 1.19 bits per heavy atom. The Kier molecular flexibility index (Phi) is 8.58. The Balaban J connectivity index is 1.65. The van der Waals surface area contributed by atoms with Crippen molar-refractivity contribution in [1.29, 1.82) is 0 Å². The first-order chi connectivity index (χ1) is 14.8. The van der Waals surface area contributed by atoms with Crippen molar-refractivity contribution in [2.24, 2.45) is 0 Å². The maximum atomic E-state index is 12.7. The molecule has 1 heterocycles. The molecule has 31 heavy (non-hydrogen) atoms. The number of nitrogens with zero attached hydrogens (tertiary/aromatic N) is 2. The molecule has 2 aromatic carbocycles. The molecule has 1 amide bonds. The molecule has 6 nitrogen and oxygen atoms in total. The molecule has 1 aliphatic heterocycles. The lowest BCUT2D eigenvalue weighted by Crippen LogP contribution is -2.46.